The molecule has 2 aliphatic heterocycles. The molecular formula is C22H41Pd. The van der Waals surface area contributed by atoms with Gasteiger partial charge in [0.2, 0.25) is 0 Å². The molecule has 0 N–H and O–H groups in total. The Balaban J connectivity index is 1.67. The third kappa shape index (κ3) is 1.42. The zero-order valence-electron chi connectivity index (χ0n) is 15.5. The molecule has 0 radical (unpaired) electrons. The van der Waals surface area contributed by atoms with E-state index in [1.54, 1.807) is 96.3 Å². The van der Waals surface area contributed by atoms with Crippen LogP contribution < -0.4 is 0 Å². The Bertz CT molecular complexity index is 429. The molecule has 1 heteroatoms. The Hall–Kier alpha value is 0.662. The monoisotopic (exact) mass is 411 g/mol. The minimum atomic E-state index is -2.79. The molecule has 0 aromatic rings. The second-order valence-electron chi connectivity index (χ2n) is 10.0. The van der Waals surface area contributed by atoms with Crippen molar-refractivity contribution in [2.24, 2.45) is 0 Å². The van der Waals surface area contributed by atoms with Gasteiger partial charge in [-0.05, 0) is 0 Å². The van der Waals surface area contributed by atoms with Gasteiger partial charge in [-0.25, -0.2) is 0 Å². The van der Waals surface area contributed by atoms with E-state index in [-0.39, 0.29) is 0 Å². The van der Waals surface area contributed by atoms with Gasteiger partial charge < -0.3 is 0 Å². The van der Waals surface area contributed by atoms with Crippen molar-refractivity contribution >= 4 is 0 Å². The average Bonchev–Trinajstić information content (AvgIpc) is 3.55. The molecule has 3 saturated carbocycles. The SMILES string of the molecule is C1CC[CH]([Pd]23([CH]4CCCCC4)([CH]4CCCCC4)([CH2][CH2]2)[CH2][CH2]3)CC1. The van der Waals surface area contributed by atoms with Crippen molar-refractivity contribution < 1.29 is 11.9 Å². The Morgan fingerprint density at radius 3 is 0.826 bits per heavy atom. The molecule has 139 valence electrons. The topological polar surface area (TPSA) is 0 Å². The molecule has 1 spiro atoms. The molecular weight excluding hydrogens is 371 g/mol. The second-order valence-corrected chi connectivity index (χ2v) is 30.8. The van der Waals surface area contributed by atoms with Gasteiger partial charge in [-0.3, -0.25) is 0 Å². The van der Waals surface area contributed by atoms with Crippen LogP contribution >= 0.6 is 0 Å². The number of hydrogen-bond donors (Lipinski definition) is 0. The fraction of sp³-hybridized carbons (Fsp3) is 1.00. The molecule has 5 fully saturated rings. The van der Waals surface area contributed by atoms with E-state index >= 15 is 0 Å². The van der Waals surface area contributed by atoms with Gasteiger partial charge in [0, 0.05) is 0 Å². The van der Waals surface area contributed by atoms with E-state index < -0.39 is 11.9 Å². The van der Waals surface area contributed by atoms with Gasteiger partial charge >= 0.3 is 141 Å². The van der Waals surface area contributed by atoms with E-state index in [0.29, 0.717) is 0 Å². The van der Waals surface area contributed by atoms with Crippen molar-refractivity contribution in [2.45, 2.75) is 129 Å². The Morgan fingerprint density at radius 1 is 0.348 bits per heavy atom. The molecule has 5 aliphatic rings. The minimum absolute atomic E-state index is 1.29. The van der Waals surface area contributed by atoms with Crippen molar-refractivity contribution in [3.8, 4) is 0 Å². The standard InChI is InChI=1S/3C6H11.2C2H4.Pd/c3*1-2-4-6-5-3-1;2*1-2;/h3*1H,2-6H2;2*1-2H2;. The Kier molecular flexibility index (Phi) is 2.98. The van der Waals surface area contributed by atoms with Gasteiger partial charge in [-0.1, -0.05) is 0 Å². The summed E-state index contributed by atoms with van der Waals surface area (Å²) in [6.45, 7) is 0. The predicted molar refractivity (Wildman–Crippen MR) is 99.7 cm³/mol. The normalized spacial score (nSPS) is 43.9. The third-order valence-corrected chi connectivity index (χ3v) is 39.1. The molecule has 5 rings (SSSR count). The van der Waals surface area contributed by atoms with Gasteiger partial charge in [0.05, 0.1) is 0 Å². The molecule has 0 bridgehead atoms. The van der Waals surface area contributed by atoms with E-state index in [2.05, 4.69) is 0 Å². The Morgan fingerprint density at radius 2 is 0.609 bits per heavy atom. The van der Waals surface area contributed by atoms with Gasteiger partial charge in [-0.2, -0.15) is 0 Å². The van der Waals surface area contributed by atoms with Gasteiger partial charge in [0.25, 0.3) is 0 Å². The van der Waals surface area contributed by atoms with E-state index in [1.165, 1.54) is 13.2 Å². The van der Waals surface area contributed by atoms with Crippen molar-refractivity contribution in [1.82, 2.24) is 0 Å². The van der Waals surface area contributed by atoms with E-state index in [0.717, 1.165) is 0 Å². The van der Waals surface area contributed by atoms with Crippen LogP contribution in [0.3, 0.4) is 0 Å². The van der Waals surface area contributed by atoms with Crippen molar-refractivity contribution in [2.75, 3.05) is 0 Å². The van der Waals surface area contributed by atoms with Crippen LogP contribution in [0.2, 0.25) is 32.7 Å². The first-order valence-electron chi connectivity index (χ1n) is 10.9. The van der Waals surface area contributed by atoms with E-state index in [1.807, 2.05) is 19.6 Å². The van der Waals surface area contributed by atoms with Crippen LogP contribution in [0.1, 0.15) is 96.3 Å². The average molecular weight is 412 g/mol. The molecule has 0 aromatic carbocycles. The van der Waals surface area contributed by atoms with Crippen molar-refractivity contribution in [3.63, 3.8) is 0 Å². The maximum atomic E-state index is 1.84. The summed E-state index contributed by atoms with van der Waals surface area (Å²) in [5, 5.41) is 0. The Labute approximate surface area is 140 Å². The summed E-state index contributed by atoms with van der Waals surface area (Å²) >= 11 is -2.79. The summed E-state index contributed by atoms with van der Waals surface area (Å²) in [7, 11) is 0. The molecule has 0 atom stereocenters. The summed E-state index contributed by atoms with van der Waals surface area (Å²) in [6, 6.07) is 0. The van der Waals surface area contributed by atoms with Gasteiger partial charge in [0.1, 0.15) is 0 Å². The second kappa shape index (κ2) is 4.31. The third-order valence-electron chi connectivity index (χ3n) is 9.89. The summed E-state index contributed by atoms with van der Waals surface area (Å²) < 4.78 is 3.87. The molecule has 2 heterocycles. The van der Waals surface area contributed by atoms with Gasteiger partial charge in [0.15, 0.2) is 0 Å². The molecule has 0 unspecified atom stereocenters. The molecule has 0 nitrogen and oxygen atoms in total. The van der Waals surface area contributed by atoms with Crippen LogP contribution in [0.4, 0.5) is 0 Å². The zero-order valence-corrected chi connectivity index (χ0v) is 17.0. The van der Waals surface area contributed by atoms with Crippen molar-refractivity contribution in [1.29, 1.82) is 0 Å². The molecule has 0 aromatic heterocycles. The first kappa shape index (κ1) is 15.9. The predicted octanol–water partition coefficient (Wildman–Crippen LogP) is 8.71. The zero-order chi connectivity index (χ0) is 15.5. The first-order valence-corrected chi connectivity index (χ1v) is 18.0. The van der Waals surface area contributed by atoms with Crippen LogP contribution in [0.5, 0.6) is 0 Å². The number of rotatable bonds is 3. The molecule has 0 amide bonds. The van der Waals surface area contributed by atoms with Crippen LogP contribution in [-0.2, 0) is 11.9 Å². The van der Waals surface area contributed by atoms with Gasteiger partial charge in [-0.15, -0.1) is 0 Å². The summed E-state index contributed by atoms with van der Waals surface area (Å²) in [5.41, 5.74) is 0. The fourth-order valence-corrected chi connectivity index (χ4v) is 43.7. The van der Waals surface area contributed by atoms with E-state index in [9.17, 15) is 0 Å². The maximum absolute atomic E-state index is 2.79. The first-order chi connectivity index (χ1) is 11.2. The molecule has 3 aliphatic carbocycles. The fourth-order valence-electron chi connectivity index (χ4n) is 8.08. The quantitative estimate of drug-likeness (QED) is 0.407. The summed E-state index contributed by atoms with van der Waals surface area (Å²) in [5.74, 6) is 0. The van der Waals surface area contributed by atoms with Crippen LogP contribution in [0.15, 0.2) is 0 Å². The molecule has 23 heavy (non-hydrogen) atoms. The van der Waals surface area contributed by atoms with Crippen LogP contribution in [0.25, 0.3) is 0 Å². The summed E-state index contributed by atoms with van der Waals surface area (Å²) in [6.07, 6.45) is 24.4. The molecule has 2 saturated heterocycles. The van der Waals surface area contributed by atoms with Crippen molar-refractivity contribution in [3.05, 3.63) is 0 Å². The van der Waals surface area contributed by atoms with Crippen LogP contribution in [-0.4, -0.2) is 0 Å². The van der Waals surface area contributed by atoms with Crippen LogP contribution in [0, 0.1) is 0 Å². The summed E-state index contributed by atoms with van der Waals surface area (Å²) in [4.78, 5) is 7.35. The van der Waals surface area contributed by atoms with E-state index in [4.69, 9.17) is 0 Å². The number of hydrogen-bond acceptors (Lipinski definition) is 0.